The number of aromatic hydroxyl groups is 1. The number of pyridine rings is 1. The van der Waals surface area contributed by atoms with E-state index in [1.807, 2.05) is 12.1 Å². The van der Waals surface area contributed by atoms with Crippen molar-refractivity contribution in [2.24, 2.45) is 0 Å². The smallest absolute Gasteiger partial charge is 0.261 e. The molecule has 1 aliphatic rings. The van der Waals surface area contributed by atoms with Crippen molar-refractivity contribution in [1.29, 1.82) is 0 Å². The minimum Gasteiger partial charge on any atom is -0.507 e. The van der Waals surface area contributed by atoms with Crippen LogP contribution in [0.25, 0.3) is 43.2 Å². The lowest BCUT2D eigenvalue weighted by Crippen LogP contribution is -2.21. The zero-order valence-corrected chi connectivity index (χ0v) is 23.6. The molecule has 0 aliphatic heterocycles. The van der Waals surface area contributed by atoms with Crippen LogP contribution in [0.4, 0.5) is 5.69 Å². The Hall–Kier alpha value is -5.42. The quantitative estimate of drug-likeness (QED) is 0.185. The predicted octanol–water partition coefficient (Wildman–Crippen LogP) is 8.51. The van der Waals surface area contributed by atoms with Crippen LogP contribution in [-0.4, -0.2) is 16.0 Å². The molecule has 0 atom stereocenters. The number of aromatic amines is 1. The lowest BCUT2D eigenvalue weighted by atomic mass is 9.86. The van der Waals surface area contributed by atoms with Gasteiger partial charge in [-0.25, -0.2) is 0 Å². The number of carbonyl (C=O) groups excluding carboxylic acids is 1. The van der Waals surface area contributed by atoms with Crippen LogP contribution in [0.1, 0.15) is 34.3 Å². The first-order valence-corrected chi connectivity index (χ1v) is 14.6. The van der Waals surface area contributed by atoms with E-state index in [2.05, 4.69) is 58.8 Å². The molecule has 7 aromatic rings. The van der Waals surface area contributed by atoms with Gasteiger partial charge in [-0.05, 0) is 94.1 Å². The molecule has 43 heavy (non-hydrogen) atoms. The molecule has 6 aromatic carbocycles. The molecule has 0 spiro atoms. The SMILES string of the molecule is O=C(Nc1ccc2cccc(O)c2c1)c1c[nH]c2ccccc2c1=O.c1ccc2c(c1)ccc1c3c(ccc12)CCCC3. The van der Waals surface area contributed by atoms with E-state index >= 15 is 0 Å². The molecule has 0 unspecified atom stereocenters. The second-order valence-electron chi connectivity index (χ2n) is 11.0. The molecular formula is C38H30N2O3. The van der Waals surface area contributed by atoms with Gasteiger partial charge in [-0.15, -0.1) is 0 Å². The maximum Gasteiger partial charge on any atom is 0.261 e. The number of rotatable bonds is 2. The molecule has 210 valence electrons. The van der Waals surface area contributed by atoms with Gasteiger partial charge in [0.15, 0.2) is 0 Å². The Morgan fingerprint density at radius 1 is 0.674 bits per heavy atom. The first-order chi connectivity index (χ1) is 21.1. The number of phenolic OH excluding ortho intramolecular Hbond substituents is 1. The molecule has 0 radical (unpaired) electrons. The fourth-order valence-electron chi connectivity index (χ4n) is 6.21. The van der Waals surface area contributed by atoms with Crippen LogP contribution in [0.2, 0.25) is 0 Å². The number of anilines is 1. The van der Waals surface area contributed by atoms with Crippen LogP contribution >= 0.6 is 0 Å². The molecule has 0 saturated heterocycles. The van der Waals surface area contributed by atoms with Crippen molar-refractivity contribution in [3.63, 3.8) is 0 Å². The number of para-hydroxylation sites is 1. The highest BCUT2D eigenvalue weighted by atomic mass is 16.3. The molecule has 5 heteroatoms. The van der Waals surface area contributed by atoms with E-state index in [0.717, 1.165) is 5.39 Å². The molecule has 0 fully saturated rings. The number of amides is 1. The summed E-state index contributed by atoms with van der Waals surface area (Å²) in [6, 6.07) is 35.4. The van der Waals surface area contributed by atoms with Gasteiger partial charge < -0.3 is 15.4 Å². The molecule has 1 aromatic heterocycles. The number of hydrogen-bond acceptors (Lipinski definition) is 3. The number of carbonyl (C=O) groups is 1. The number of benzene rings is 6. The summed E-state index contributed by atoms with van der Waals surface area (Å²) in [6.45, 7) is 0. The van der Waals surface area contributed by atoms with Crippen molar-refractivity contribution in [2.45, 2.75) is 25.7 Å². The van der Waals surface area contributed by atoms with Crippen LogP contribution in [-0.2, 0) is 12.8 Å². The Bertz CT molecular complexity index is 2230. The molecule has 1 heterocycles. The van der Waals surface area contributed by atoms with Crippen LogP contribution in [0.15, 0.2) is 120 Å². The molecule has 1 aliphatic carbocycles. The fraction of sp³-hybridized carbons (Fsp3) is 0.105. The van der Waals surface area contributed by atoms with E-state index in [1.54, 1.807) is 59.7 Å². The number of H-pyrrole nitrogens is 1. The average Bonchev–Trinajstić information content (AvgIpc) is 3.05. The lowest BCUT2D eigenvalue weighted by Gasteiger charge is -2.18. The third-order valence-corrected chi connectivity index (χ3v) is 8.41. The minimum absolute atomic E-state index is 0.0380. The van der Waals surface area contributed by atoms with Gasteiger partial charge in [-0.2, -0.15) is 0 Å². The van der Waals surface area contributed by atoms with E-state index in [4.69, 9.17) is 0 Å². The van der Waals surface area contributed by atoms with Gasteiger partial charge in [-0.1, -0.05) is 78.9 Å². The minimum atomic E-state index is -0.498. The van der Waals surface area contributed by atoms with Crippen molar-refractivity contribution < 1.29 is 9.90 Å². The van der Waals surface area contributed by atoms with Crippen molar-refractivity contribution >= 4 is 54.8 Å². The van der Waals surface area contributed by atoms with Crippen molar-refractivity contribution in [2.75, 3.05) is 5.32 Å². The van der Waals surface area contributed by atoms with Gasteiger partial charge in [0.1, 0.15) is 11.3 Å². The van der Waals surface area contributed by atoms with Gasteiger partial charge in [0.25, 0.3) is 5.91 Å². The molecule has 0 saturated carbocycles. The second kappa shape index (κ2) is 11.1. The molecule has 5 nitrogen and oxygen atoms in total. The van der Waals surface area contributed by atoms with Crippen LogP contribution < -0.4 is 10.7 Å². The highest BCUT2D eigenvalue weighted by Crippen LogP contribution is 2.33. The summed E-state index contributed by atoms with van der Waals surface area (Å²) in [5.74, 6) is -0.362. The number of aromatic nitrogens is 1. The number of nitrogens with one attached hydrogen (secondary N) is 2. The maximum absolute atomic E-state index is 12.5. The van der Waals surface area contributed by atoms with Crippen molar-refractivity contribution in [3.8, 4) is 5.75 Å². The molecule has 1 amide bonds. The lowest BCUT2D eigenvalue weighted by molar-refractivity contribution is 0.102. The number of hydrogen-bond donors (Lipinski definition) is 3. The van der Waals surface area contributed by atoms with E-state index in [-0.39, 0.29) is 16.7 Å². The summed E-state index contributed by atoms with van der Waals surface area (Å²) in [5.41, 5.74) is 4.08. The molecular weight excluding hydrogens is 532 g/mol. The summed E-state index contributed by atoms with van der Waals surface area (Å²) >= 11 is 0. The van der Waals surface area contributed by atoms with Gasteiger partial charge >= 0.3 is 0 Å². The van der Waals surface area contributed by atoms with Crippen LogP contribution in [0, 0.1) is 0 Å². The average molecular weight is 563 g/mol. The first-order valence-electron chi connectivity index (χ1n) is 14.6. The van der Waals surface area contributed by atoms with Crippen molar-refractivity contribution in [1.82, 2.24) is 4.98 Å². The summed E-state index contributed by atoms with van der Waals surface area (Å²) < 4.78 is 0. The highest BCUT2D eigenvalue weighted by Gasteiger charge is 2.14. The van der Waals surface area contributed by atoms with E-state index < -0.39 is 5.91 Å². The van der Waals surface area contributed by atoms with Gasteiger partial charge in [0.2, 0.25) is 5.43 Å². The Balaban J connectivity index is 0.000000147. The molecule has 8 rings (SSSR count). The summed E-state index contributed by atoms with van der Waals surface area (Å²) in [6.07, 6.45) is 6.63. The Kier molecular flexibility index (Phi) is 6.84. The highest BCUT2D eigenvalue weighted by molar-refractivity contribution is 6.09. The number of aryl methyl sites for hydroxylation is 2. The second-order valence-corrected chi connectivity index (χ2v) is 11.0. The normalized spacial score (nSPS) is 12.6. The van der Waals surface area contributed by atoms with Crippen molar-refractivity contribution in [3.05, 3.63) is 142 Å². The van der Waals surface area contributed by atoms with E-state index in [1.165, 1.54) is 53.4 Å². The van der Waals surface area contributed by atoms with Crippen LogP contribution in [0.5, 0.6) is 5.75 Å². The predicted molar refractivity (Wildman–Crippen MR) is 176 cm³/mol. The monoisotopic (exact) mass is 562 g/mol. The van der Waals surface area contributed by atoms with Gasteiger partial charge in [0, 0.05) is 28.2 Å². The Labute approximate surface area is 248 Å². The van der Waals surface area contributed by atoms with Gasteiger partial charge in [0.05, 0.1) is 0 Å². The molecule has 0 bridgehead atoms. The number of fused-ring (bicyclic) bond motifs is 7. The van der Waals surface area contributed by atoms with Gasteiger partial charge in [-0.3, -0.25) is 9.59 Å². The first kappa shape index (κ1) is 26.5. The standard InChI is InChI=1S/C20H14N2O3.C18H16/c23-18-7-3-4-12-8-9-13(10-15(12)18)22-20(25)16-11-21-17-6-2-1-5-14(17)19(16)24;1-3-7-15-13(5-1)9-11-18-16-8-4-2-6-14(16)10-12-17(15)18/h1-11,23H,(H,21,24)(H,22,25);1,3,5,7,9-12H,2,4,6,8H2. The number of phenols is 1. The summed E-state index contributed by atoms with van der Waals surface area (Å²) in [4.78, 5) is 28.0. The van der Waals surface area contributed by atoms with E-state index in [0.29, 0.717) is 22.0 Å². The van der Waals surface area contributed by atoms with E-state index in [9.17, 15) is 14.7 Å². The fourth-order valence-corrected chi connectivity index (χ4v) is 6.21. The topological polar surface area (TPSA) is 82.2 Å². The Morgan fingerprint density at radius 2 is 1.40 bits per heavy atom. The Morgan fingerprint density at radius 3 is 2.30 bits per heavy atom. The summed E-state index contributed by atoms with van der Waals surface area (Å²) in [7, 11) is 0. The zero-order chi connectivity index (χ0) is 29.3. The molecule has 3 N–H and O–H groups in total. The van der Waals surface area contributed by atoms with Crippen LogP contribution in [0.3, 0.4) is 0 Å². The third-order valence-electron chi connectivity index (χ3n) is 8.41. The third kappa shape index (κ3) is 4.99. The zero-order valence-electron chi connectivity index (χ0n) is 23.6. The summed E-state index contributed by atoms with van der Waals surface area (Å²) in [5, 5.41) is 20.3. The largest absolute Gasteiger partial charge is 0.507 e. The maximum atomic E-state index is 12.5.